The molecule has 0 bridgehead atoms. The van der Waals surface area contributed by atoms with Crippen molar-refractivity contribution in [3.63, 3.8) is 0 Å². The first-order chi connectivity index (χ1) is 29.6. The monoisotopic (exact) mass is 847 g/mol. The topological polar surface area (TPSA) is 61.8 Å². The van der Waals surface area contributed by atoms with Crippen LogP contribution in [0.4, 0.5) is 0 Å². The van der Waals surface area contributed by atoms with Crippen LogP contribution < -0.4 is 0 Å². The Bertz CT molecular complexity index is 871. The molecular formula is C55H106O5. The van der Waals surface area contributed by atoms with E-state index in [4.69, 9.17) is 14.2 Å². The molecule has 0 saturated carbocycles. The van der Waals surface area contributed by atoms with Gasteiger partial charge in [-0.3, -0.25) is 9.59 Å². The molecule has 60 heavy (non-hydrogen) atoms. The molecule has 0 heterocycles. The number of ether oxygens (including phenoxy) is 3. The highest BCUT2D eigenvalue weighted by atomic mass is 16.6. The van der Waals surface area contributed by atoms with Crippen LogP contribution in [0, 0.1) is 0 Å². The molecule has 0 aliphatic rings. The minimum absolute atomic E-state index is 0.0932. The van der Waals surface area contributed by atoms with Gasteiger partial charge in [0.2, 0.25) is 0 Å². The molecule has 0 aliphatic heterocycles. The highest BCUT2D eigenvalue weighted by Crippen LogP contribution is 2.16. The lowest BCUT2D eigenvalue weighted by molar-refractivity contribution is -0.163. The predicted molar refractivity (Wildman–Crippen MR) is 261 cm³/mol. The van der Waals surface area contributed by atoms with E-state index in [1.165, 1.54) is 238 Å². The molecule has 5 nitrogen and oxygen atoms in total. The summed E-state index contributed by atoms with van der Waals surface area (Å²) in [6.45, 7) is 7.87. The highest BCUT2D eigenvalue weighted by molar-refractivity contribution is 5.70. The van der Waals surface area contributed by atoms with Gasteiger partial charge in [-0.25, -0.2) is 0 Å². The van der Waals surface area contributed by atoms with Gasteiger partial charge in [0.25, 0.3) is 0 Å². The number of hydrogen-bond acceptors (Lipinski definition) is 5. The summed E-state index contributed by atoms with van der Waals surface area (Å²) < 4.78 is 17.4. The molecule has 0 aromatic rings. The summed E-state index contributed by atoms with van der Waals surface area (Å²) in [5.41, 5.74) is 0. The van der Waals surface area contributed by atoms with Crippen LogP contribution in [0.5, 0.6) is 0 Å². The van der Waals surface area contributed by atoms with Crippen LogP contribution in [0.3, 0.4) is 0 Å². The Labute approximate surface area is 375 Å². The Morgan fingerprint density at radius 3 is 1.02 bits per heavy atom. The van der Waals surface area contributed by atoms with Crippen molar-refractivity contribution in [2.45, 2.75) is 309 Å². The summed E-state index contributed by atoms with van der Waals surface area (Å²) in [5, 5.41) is 0. The molecule has 0 saturated heterocycles. The van der Waals surface area contributed by atoms with E-state index in [0.29, 0.717) is 26.1 Å². The first-order valence-corrected chi connectivity index (χ1v) is 27.2. The molecule has 1 atom stereocenters. The third kappa shape index (κ3) is 49.3. The fraction of sp³-hybridized carbons (Fsp3) is 0.927. The zero-order valence-electron chi connectivity index (χ0n) is 41.0. The van der Waals surface area contributed by atoms with Crippen molar-refractivity contribution >= 4 is 11.9 Å². The zero-order chi connectivity index (χ0) is 43.5. The Morgan fingerprint density at radius 1 is 0.350 bits per heavy atom. The molecule has 0 rings (SSSR count). The van der Waals surface area contributed by atoms with Crippen LogP contribution in [0.15, 0.2) is 12.2 Å². The van der Waals surface area contributed by atoms with E-state index in [1.807, 2.05) is 0 Å². The molecular weight excluding hydrogens is 741 g/mol. The number of rotatable bonds is 51. The van der Waals surface area contributed by atoms with Crippen LogP contribution in [0.2, 0.25) is 0 Å². The number of allylic oxidation sites excluding steroid dienone is 2. The summed E-state index contributed by atoms with van der Waals surface area (Å²) in [5.74, 6) is -0.378. The average molecular weight is 847 g/mol. The lowest BCUT2D eigenvalue weighted by atomic mass is 10.0. The van der Waals surface area contributed by atoms with E-state index in [1.54, 1.807) is 0 Å². The lowest BCUT2D eigenvalue weighted by Gasteiger charge is -2.18. The highest BCUT2D eigenvalue weighted by Gasteiger charge is 2.17. The zero-order valence-corrected chi connectivity index (χ0v) is 41.0. The van der Waals surface area contributed by atoms with Gasteiger partial charge in [-0.2, -0.15) is 0 Å². The minimum Gasteiger partial charge on any atom is -0.462 e. The smallest absolute Gasteiger partial charge is 0.306 e. The fourth-order valence-corrected chi connectivity index (χ4v) is 8.21. The molecule has 0 spiro atoms. The van der Waals surface area contributed by atoms with Crippen molar-refractivity contribution in [2.75, 3.05) is 19.8 Å². The van der Waals surface area contributed by atoms with Crippen LogP contribution >= 0.6 is 0 Å². The second-order valence-corrected chi connectivity index (χ2v) is 18.5. The largest absolute Gasteiger partial charge is 0.462 e. The van der Waals surface area contributed by atoms with Gasteiger partial charge in [0.05, 0.1) is 6.61 Å². The Hall–Kier alpha value is -1.36. The quantitative estimate of drug-likeness (QED) is 0.0347. The summed E-state index contributed by atoms with van der Waals surface area (Å²) in [6, 6.07) is 0. The van der Waals surface area contributed by atoms with Crippen molar-refractivity contribution in [2.24, 2.45) is 0 Å². The van der Waals surface area contributed by atoms with Gasteiger partial charge < -0.3 is 14.2 Å². The van der Waals surface area contributed by atoms with Gasteiger partial charge in [-0.15, -0.1) is 0 Å². The van der Waals surface area contributed by atoms with Crippen molar-refractivity contribution in [1.29, 1.82) is 0 Å². The average Bonchev–Trinajstić information content (AvgIpc) is 3.25. The molecule has 0 amide bonds. The van der Waals surface area contributed by atoms with Gasteiger partial charge in [-0.05, 0) is 44.9 Å². The van der Waals surface area contributed by atoms with E-state index < -0.39 is 6.10 Å². The number of carbonyl (C=O) groups is 2. The molecule has 0 fully saturated rings. The van der Waals surface area contributed by atoms with Crippen molar-refractivity contribution < 1.29 is 23.8 Å². The fourth-order valence-electron chi connectivity index (χ4n) is 8.21. The Kier molecular flexibility index (Phi) is 50.8. The molecule has 0 N–H and O–H groups in total. The van der Waals surface area contributed by atoms with Gasteiger partial charge >= 0.3 is 11.9 Å². The first kappa shape index (κ1) is 58.6. The summed E-state index contributed by atoms with van der Waals surface area (Å²) in [6.07, 6.45) is 59.4. The summed E-state index contributed by atoms with van der Waals surface area (Å²) >= 11 is 0. The van der Waals surface area contributed by atoms with Crippen LogP contribution in [-0.2, 0) is 23.8 Å². The third-order valence-electron chi connectivity index (χ3n) is 12.3. The van der Waals surface area contributed by atoms with Gasteiger partial charge in [0.1, 0.15) is 6.61 Å². The van der Waals surface area contributed by atoms with Gasteiger partial charge in [0, 0.05) is 19.4 Å². The van der Waals surface area contributed by atoms with Gasteiger partial charge in [0.15, 0.2) is 6.10 Å². The van der Waals surface area contributed by atoms with Crippen LogP contribution in [-0.4, -0.2) is 37.9 Å². The SMILES string of the molecule is CCCCCCCC/C=C\CCCCCCCCCCCC(=O)OCC(COCCCCCCCCCC)OC(=O)CCCCCCCCCCCCCCCCCCC. The number of carbonyl (C=O) groups excluding carboxylic acids is 2. The van der Waals surface area contributed by atoms with Crippen molar-refractivity contribution in [3.05, 3.63) is 12.2 Å². The van der Waals surface area contributed by atoms with E-state index in [9.17, 15) is 9.59 Å². The first-order valence-electron chi connectivity index (χ1n) is 27.2. The molecule has 0 radical (unpaired) electrons. The summed E-state index contributed by atoms with van der Waals surface area (Å²) in [4.78, 5) is 25.4. The minimum atomic E-state index is -0.526. The Morgan fingerprint density at radius 2 is 0.650 bits per heavy atom. The normalized spacial score (nSPS) is 12.1. The molecule has 0 aromatic carbocycles. The van der Waals surface area contributed by atoms with E-state index in [2.05, 4.69) is 32.9 Å². The molecule has 1 unspecified atom stereocenters. The van der Waals surface area contributed by atoms with Gasteiger partial charge in [-0.1, -0.05) is 258 Å². The maximum Gasteiger partial charge on any atom is 0.306 e. The molecule has 5 heteroatoms. The van der Waals surface area contributed by atoms with E-state index in [0.717, 1.165) is 32.1 Å². The van der Waals surface area contributed by atoms with Crippen molar-refractivity contribution in [3.8, 4) is 0 Å². The van der Waals surface area contributed by atoms with E-state index >= 15 is 0 Å². The number of esters is 2. The summed E-state index contributed by atoms with van der Waals surface area (Å²) in [7, 11) is 0. The molecule has 0 aromatic heterocycles. The second kappa shape index (κ2) is 52.0. The lowest BCUT2D eigenvalue weighted by Crippen LogP contribution is -2.30. The Balaban J connectivity index is 4.07. The van der Waals surface area contributed by atoms with E-state index in [-0.39, 0.29) is 18.5 Å². The number of unbranched alkanes of at least 4 members (excludes halogenated alkanes) is 38. The van der Waals surface area contributed by atoms with Crippen LogP contribution in [0.1, 0.15) is 303 Å². The number of hydrogen-bond donors (Lipinski definition) is 0. The standard InChI is InChI=1S/C55H106O5/c1-4-7-10-13-16-19-21-23-25-27-28-30-31-33-35-37-39-42-45-48-54(56)59-52-53(51-58-50-47-44-41-18-15-12-9-6-3)60-55(57)49-46-43-40-38-36-34-32-29-26-24-22-20-17-14-11-8-5-2/h23,25,53H,4-22,24,26-52H2,1-3H3/b25-23-. The maximum absolute atomic E-state index is 12.8. The molecule has 0 aliphatic carbocycles. The van der Waals surface area contributed by atoms with Crippen LogP contribution in [0.25, 0.3) is 0 Å². The van der Waals surface area contributed by atoms with Crippen molar-refractivity contribution in [1.82, 2.24) is 0 Å². The second-order valence-electron chi connectivity index (χ2n) is 18.5. The third-order valence-corrected chi connectivity index (χ3v) is 12.3. The maximum atomic E-state index is 12.8. The predicted octanol–water partition coefficient (Wildman–Crippen LogP) is 18.2. The molecule has 356 valence electrons.